The number of aromatic nitrogens is 2. The van der Waals surface area contributed by atoms with Crippen LogP contribution in [0.2, 0.25) is 0 Å². The van der Waals surface area contributed by atoms with Gasteiger partial charge in [0.1, 0.15) is 12.1 Å². The van der Waals surface area contributed by atoms with E-state index in [4.69, 9.17) is 6.42 Å². The van der Waals surface area contributed by atoms with Crippen LogP contribution in [0.5, 0.6) is 0 Å². The Bertz CT molecular complexity index is 971. The Morgan fingerprint density at radius 1 is 1.24 bits per heavy atom. The number of halogens is 1. The van der Waals surface area contributed by atoms with Crippen LogP contribution < -0.4 is 10.6 Å². The highest BCUT2D eigenvalue weighted by Gasteiger charge is 2.18. The fraction of sp³-hybridized carbons (Fsp3) is 0.200. The average Bonchev–Trinajstić information content (AvgIpc) is 3.18. The Labute approximate surface area is 145 Å². The highest BCUT2D eigenvalue weighted by molar-refractivity contribution is 5.91. The maximum absolute atomic E-state index is 14.4. The van der Waals surface area contributed by atoms with Gasteiger partial charge >= 0.3 is 0 Å². The van der Waals surface area contributed by atoms with E-state index in [-0.39, 0.29) is 5.56 Å². The van der Waals surface area contributed by atoms with E-state index >= 15 is 0 Å². The lowest BCUT2D eigenvalue weighted by Gasteiger charge is -2.13. The number of nitrogens with zero attached hydrogens (tertiary/aromatic N) is 2. The molecule has 1 fully saturated rings. The van der Waals surface area contributed by atoms with Gasteiger partial charge in [-0.1, -0.05) is 18.1 Å². The molecule has 0 bridgehead atoms. The number of nitrogens with one attached hydrogen (secondary N) is 2. The molecule has 2 aromatic carbocycles. The van der Waals surface area contributed by atoms with Crippen LogP contribution in [0.4, 0.5) is 15.9 Å². The molecule has 124 valence electrons. The number of rotatable bonds is 3. The Kier molecular flexibility index (Phi) is 4.04. The van der Waals surface area contributed by atoms with Crippen LogP contribution in [-0.4, -0.2) is 23.1 Å². The summed E-state index contributed by atoms with van der Waals surface area (Å²) in [4.78, 5) is 8.62. The van der Waals surface area contributed by atoms with Crippen molar-refractivity contribution in [2.24, 2.45) is 0 Å². The van der Waals surface area contributed by atoms with Gasteiger partial charge in [0.05, 0.1) is 16.8 Å². The second-order valence-corrected chi connectivity index (χ2v) is 6.13. The van der Waals surface area contributed by atoms with Crippen LogP contribution >= 0.6 is 0 Å². The highest BCUT2D eigenvalue weighted by atomic mass is 19.1. The molecule has 1 atom stereocenters. The molecule has 1 aromatic heterocycles. The Morgan fingerprint density at radius 3 is 2.96 bits per heavy atom. The average molecular weight is 332 g/mol. The summed E-state index contributed by atoms with van der Waals surface area (Å²) in [6.45, 7) is 2.00. The van der Waals surface area contributed by atoms with Gasteiger partial charge in [0.25, 0.3) is 0 Å². The molecule has 1 aliphatic rings. The minimum atomic E-state index is -0.451. The van der Waals surface area contributed by atoms with Crippen LogP contribution in [0.25, 0.3) is 10.9 Å². The first kappa shape index (κ1) is 15.6. The molecular weight excluding hydrogens is 315 g/mol. The van der Waals surface area contributed by atoms with Crippen molar-refractivity contribution < 1.29 is 4.39 Å². The molecule has 0 spiro atoms. The number of hydrogen-bond acceptors (Lipinski definition) is 4. The van der Waals surface area contributed by atoms with E-state index in [2.05, 4.69) is 38.7 Å². The zero-order valence-corrected chi connectivity index (χ0v) is 13.6. The molecule has 1 saturated heterocycles. The lowest BCUT2D eigenvalue weighted by atomic mass is 9.97. The van der Waals surface area contributed by atoms with E-state index in [0.717, 1.165) is 30.4 Å². The lowest BCUT2D eigenvalue weighted by molar-refractivity contribution is 0.628. The molecule has 1 aliphatic heterocycles. The standard InChI is InChI=1S/C20H17FN4/c1-2-13-4-3-5-18(19(13)21)25-20-16-10-14(15-8-9-22-11-15)6-7-17(16)23-12-24-20/h1,3-7,10,12,15,22H,8-9,11H2,(H,23,24,25)/t15-/m0/s1. The molecular formula is C20H17FN4. The van der Waals surface area contributed by atoms with Gasteiger partial charge in [-0.15, -0.1) is 6.42 Å². The van der Waals surface area contributed by atoms with E-state index in [9.17, 15) is 4.39 Å². The summed E-state index contributed by atoms with van der Waals surface area (Å²) in [5, 5.41) is 7.32. The van der Waals surface area contributed by atoms with Gasteiger partial charge in [-0.25, -0.2) is 14.4 Å². The highest BCUT2D eigenvalue weighted by Crippen LogP contribution is 2.30. The SMILES string of the molecule is C#Cc1cccc(Nc2ncnc3ccc([C@H]4CCNC4)cc23)c1F. The number of hydrogen-bond donors (Lipinski definition) is 2. The first-order chi connectivity index (χ1) is 12.3. The molecule has 3 aromatic rings. The van der Waals surface area contributed by atoms with Gasteiger partial charge in [-0.05, 0) is 48.7 Å². The van der Waals surface area contributed by atoms with Gasteiger partial charge in [-0.2, -0.15) is 0 Å². The summed E-state index contributed by atoms with van der Waals surface area (Å²) in [5.74, 6) is 2.96. The minimum absolute atomic E-state index is 0.223. The molecule has 4 rings (SSSR count). The van der Waals surface area contributed by atoms with Crippen molar-refractivity contribution in [3.8, 4) is 12.3 Å². The molecule has 4 nitrogen and oxygen atoms in total. The summed E-state index contributed by atoms with van der Waals surface area (Å²) < 4.78 is 14.4. The van der Waals surface area contributed by atoms with Crippen molar-refractivity contribution in [3.63, 3.8) is 0 Å². The Balaban J connectivity index is 1.76. The molecule has 25 heavy (non-hydrogen) atoms. The Morgan fingerprint density at radius 2 is 2.16 bits per heavy atom. The predicted octanol–water partition coefficient (Wildman–Crippen LogP) is 3.57. The number of anilines is 2. The number of benzene rings is 2. The second kappa shape index (κ2) is 6.50. The second-order valence-electron chi connectivity index (χ2n) is 6.13. The van der Waals surface area contributed by atoms with E-state index in [1.54, 1.807) is 18.2 Å². The minimum Gasteiger partial charge on any atom is -0.337 e. The third-order valence-corrected chi connectivity index (χ3v) is 4.60. The smallest absolute Gasteiger partial charge is 0.162 e. The third-order valence-electron chi connectivity index (χ3n) is 4.60. The monoisotopic (exact) mass is 332 g/mol. The van der Waals surface area contributed by atoms with Gasteiger partial charge < -0.3 is 10.6 Å². The topological polar surface area (TPSA) is 49.8 Å². The molecule has 5 heteroatoms. The van der Waals surface area contributed by atoms with Crippen LogP contribution in [0.1, 0.15) is 23.5 Å². The van der Waals surface area contributed by atoms with Crippen LogP contribution in [0.3, 0.4) is 0 Å². The van der Waals surface area contributed by atoms with Gasteiger partial charge in [0, 0.05) is 11.9 Å². The first-order valence-electron chi connectivity index (χ1n) is 8.24. The molecule has 2 N–H and O–H groups in total. The van der Waals surface area contributed by atoms with Crippen molar-refractivity contribution in [2.45, 2.75) is 12.3 Å². The maximum atomic E-state index is 14.4. The van der Waals surface area contributed by atoms with Crippen molar-refractivity contribution in [3.05, 3.63) is 59.7 Å². The molecule has 0 aliphatic carbocycles. The Hall–Kier alpha value is -2.97. The van der Waals surface area contributed by atoms with Gasteiger partial charge in [0.15, 0.2) is 5.82 Å². The van der Waals surface area contributed by atoms with Crippen molar-refractivity contribution in [1.29, 1.82) is 0 Å². The first-order valence-corrected chi connectivity index (χ1v) is 8.24. The molecule has 0 saturated carbocycles. The van der Waals surface area contributed by atoms with E-state index in [0.29, 0.717) is 17.4 Å². The molecule has 0 radical (unpaired) electrons. The molecule has 2 heterocycles. The summed E-state index contributed by atoms with van der Waals surface area (Å²) in [5.41, 5.74) is 2.60. The quantitative estimate of drug-likeness (QED) is 0.720. The number of terminal acetylenes is 1. The zero-order chi connectivity index (χ0) is 17.2. The largest absolute Gasteiger partial charge is 0.337 e. The van der Waals surface area contributed by atoms with E-state index < -0.39 is 5.82 Å². The lowest BCUT2D eigenvalue weighted by Crippen LogP contribution is -2.08. The van der Waals surface area contributed by atoms with E-state index in [1.807, 2.05) is 6.07 Å². The van der Waals surface area contributed by atoms with Crippen molar-refractivity contribution >= 4 is 22.4 Å². The normalized spacial score (nSPS) is 16.7. The van der Waals surface area contributed by atoms with Crippen LogP contribution in [0, 0.1) is 18.2 Å². The third kappa shape index (κ3) is 2.92. The van der Waals surface area contributed by atoms with Crippen molar-refractivity contribution in [1.82, 2.24) is 15.3 Å². The summed E-state index contributed by atoms with van der Waals surface area (Å²) in [6.07, 6.45) is 7.93. The van der Waals surface area contributed by atoms with Gasteiger partial charge in [-0.3, -0.25) is 0 Å². The fourth-order valence-corrected chi connectivity index (χ4v) is 3.23. The van der Waals surface area contributed by atoms with E-state index in [1.165, 1.54) is 11.9 Å². The number of fused-ring (bicyclic) bond motifs is 1. The summed E-state index contributed by atoms with van der Waals surface area (Å²) in [6, 6.07) is 11.1. The molecule has 0 unspecified atom stereocenters. The van der Waals surface area contributed by atoms with Crippen LogP contribution in [-0.2, 0) is 0 Å². The maximum Gasteiger partial charge on any atom is 0.162 e. The van der Waals surface area contributed by atoms with Gasteiger partial charge in [0.2, 0.25) is 0 Å². The fourth-order valence-electron chi connectivity index (χ4n) is 3.23. The van der Waals surface area contributed by atoms with Crippen molar-refractivity contribution in [2.75, 3.05) is 18.4 Å². The molecule has 0 amide bonds. The zero-order valence-electron chi connectivity index (χ0n) is 13.6. The summed E-state index contributed by atoms with van der Waals surface area (Å²) in [7, 11) is 0. The van der Waals surface area contributed by atoms with Crippen LogP contribution in [0.15, 0.2) is 42.7 Å². The summed E-state index contributed by atoms with van der Waals surface area (Å²) >= 11 is 0. The predicted molar refractivity (Wildman–Crippen MR) is 97.4 cm³/mol.